The number of rotatable bonds is 4. The number of carbonyl (C=O) groups is 1. The van der Waals surface area contributed by atoms with E-state index in [9.17, 15) is 18.0 Å². The van der Waals surface area contributed by atoms with Crippen LogP contribution >= 0.6 is 0 Å². The number of pyridine rings is 1. The van der Waals surface area contributed by atoms with Gasteiger partial charge in [-0.15, -0.1) is 0 Å². The molecule has 0 radical (unpaired) electrons. The number of morpholine rings is 1. The molecule has 0 spiro atoms. The van der Waals surface area contributed by atoms with Crippen LogP contribution in [0.2, 0.25) is 0 Å². The van der Waals surface area contributed by atoms with Gasteiger partial charge in [0, 0.05) is 18.2 Å². The summed E-state index contributed by atoms with van der Waals surface area (Å²) < 4.78 is 44.8. The summed E-state index contributed by atoms with van der Waals surface area (Å²) in [6.45, 7) is 6.99. The normalized spacial score (nSPS) is 17.6. The monoisotopic (exact) mass is 406 g/mol. The fraction of sp³-hybridized carbons (Fsp3) is 0.455. The van der Waals surface area contributed by atoms with Gasteiger partial charge in [0.05, 0.1) is 24.4 Å². The third-order valence-corrected chi connectivity index (χ3v) is 4.90. The minimum atomic E-state index is -4.36. The van der Waals surface area contributed by atoms with E-state index in [0.29, 0.717) is 37.4 Å². The van der Waals surface area contributed by atoms with Gasteiger partial charge in [0.2, 0.25) is 5.91 Å². The van der Waals surface area contributed by atoms with Crippen molar-refractivity contribution < 1.29 is 22.7 Å². The van der Waals surface area contributed by atoms with Gasteiger partial charge in [0.15, 0.2) is 0 Å². The summed E-state index contributed by atoms with van der Waals surface area (Å²) >= 11 is 0. The Balaban J connectivity index is 1.81. The Hall–Kier alpha value is -2.41. The van der Waals surface area contributed by atoms with E-state index in [1.165, 1.54) is 12.1 Å². The Morgan fingerprint density at radius 1 is 1.24 bits per heavy atom. The molecule has 0 bridgehead atoms. The molecule has 0 aliphatic carbocycles. The number of alkyl halides is 3. The van der Waals surface area contributed by atoms with Crippen molar-refractivity contribution in [1.29, 1.82) is 0 Å². The molecule has 1 aliphatic heterocycles. The van der Waals surface area contributed by atoms with Crippen LogP contribution in [0.5, 0.6) is 0 Å². The van der Waals surface area contributed by atoms with Crippen molar-refractivity contribution in [2.24, 2.45) is 5.92 Å². The second kappa shape index (κ2) is 8.53. The highest BCUT2D eigenvalue weighted by molar-refractivity contribution is 5.78. The van der Waals surface area contributed by atoms with Gasteiger partial charge in [0.25, 0.3) is 0 Å². The van der Waals surface area contributed by atoms with Gasteiger partial charge in [-0.05, 0) is 42.7 Å². The van der Waals surface area contributed by atoms with Crippen LogP contribution in [-0.2, 0) is 22.1 Å². The SMILES string of the molecule is Cc1cc(Cc2cccc(C(F)(F)F)c2)cc([C@@H]2CN(C(=O)C(C)C)CCO2)n1. The number of aryl methyl sites for hydroxylation is 1. The predicted molar refractivity (Wildman–Crippen MR) is 103 cm³/mol. The summed E-state index contributed by atoms with van der Waals surface area (Å²) in [5, 5.41) is 0. The molecule has 29 heavy (non-hydrogen) atoms. The average Bonchev–Trinajstić information content (AvgIpc) is 2.66. The second-order valence-electron chi connectivity index (χ2n) is 7.71. The van der Waals surface area contributed by atoms with E-state index in [1.807, 2.05) is 32.9 Å². The van der Waals surface area contributed by atoms with Gasteiger partial charge in [-0.3, -0.25) is 9.78 Å². The molecule has 1 aliphatic rings. The lowest BCUT2D eigenvalue weighted by Gasteiger charge is -2.34. The maximum Gasteiger partial charge on any atom is 0.416 e. The van der Waals surface area contributed by atoms with Crippen molar-refractivity contribution in [3.8, 4) is 0 Å². The molecular formula is C22H25F3N2O2. The van der Waals surface area contributed by atoms with Gasteiger partial charge in [0.1, 0.15) is 6.10 Å². The third kappa shape index (κ3) is 5.35. The molecule has 2 aromatic rings. The average molecular weight is 406 g/mol. The number of halogens is 3. The van der Waals surface area contributed by atoms with Gasteiger partial charge in [-0.25, -0.2) is 0 Å². The summed E-state index contributed by atoms with van der Waals surface area (Å²) in [4.78, 5) is 18.7. The molecular weight excluding hydrogens is 381 g/mol. The first-order valence-corrected chi connectivity index (χ1v) is 9.67. The topological polar surface area (TPSA) is 42.4 Å². The van der Waals surface area contributed by atoms with Crippen molar-refractivity contribution in [3.05, 3.63) is 64.5 Å². The van der Waals surface area contributed by atoms with E-state index in [-0.39, 0.29) is 17.9 Å². The predicted octanol–water partition coefficient (Wildman–Crippen LogP) is 4.56. The van der Waals surface area contributed by atoms with Crippen molar-refractivity contribution >= 4 is 5.91 Å². The van der Waals surface area contributed by atoms with E-state index < -0.39 is 11.7 Å². The van der Waals surface area contributed by atoms with Crippen LogP contribution in [0.15, 0.2) is 36.4 Å². The fourth-order valence-corrected chi connectivity index (χ4v) is 3.52. The zero-order valence-corrected chi connectivity index (χ0v) is 16.8. The van der Waals surface area contributed by atoms with Crippen LogP contribution in [0.4, 0.5) is 13.2 Å². The number of hydrogen-bond acceptors (Lipinski definition) is 3. The molecule has 0 saturated carbocycles. The molecule has 2 heterocycles. The van der Waals surface area contributed by atoms with Crippen molar-refractivity contribution in [2.45, 2.75) is 39.5 Å². The van der Waals surface area contributed by atoms with Crippen LogP contribution in [0.1, 0.15) is 48.0 Å². The molecule has 1 aromatic heterocycles. The molecule has 7 heteroatoms. The molecule has 1 saturated heterocycles. The Bertz CT molecular complexity index is 881. The van der Waals surface area contributed by atoms with Crippen LogP contribution in [-0.4, -0.2) is 35.5 Å². The number of aromatic nitrogens is 1. The highest BCUT2D eigenvalue weighted by Gasteiger charge is 2.30. The number of hydrogen-bond donors (Lipinski definition) is 0. The minimum absolute atomic E-state index is 0.0788. The Morgan fingerprint density at radius 3 is 2.69 bits per heavy atom. The van der Waals surface area contributed by atoms with E-state index >= 15 is 0 Å². The summed E-state index contributed by atoms with van der Waals surface area (Å²) in [6, 6.07) is 9.08. The molecule has 1 fully saturated rings. The zero-order valence-electron chi connectivity index (χ0n) is 16.8. The van der Waals surface area contributed by atoms with Gasteiger partial charge in [-0.1, -0.05) is 32.0 Å². The summed E-state index contributed by atoms with van der Waals surface area (Å²) in [6.07, 6.45) is -4.34. The third-order valence-electron chi connectivity index (χ3n) is 4.90. The summed E-state index contributed by atoms with van der Waals surface area (Å²) in [5.74, 6) is -0.00849. The van der Waals surface area contributed by atoms with Crippen LogP contribution in [0.3, 0.4) is 0 Å². The largest absolute Gasteiger partial charge is 0.416 e. The lowest BCUT2D eigenvalue weighted by Crippen LogP contribution is -2.44. The first-order valence-electron chi connectivity index (χ1n) is 9.67. The Morgan fingerprint density at radius 2 is 2.00 bits per heavy atom. The number of benzene rings is 1. The van der Waals surface area contributed by atoms with Gasteiger partial charge < -0.3 is 9.64 Å². The van der Waals surface area contributed by atoms with E-state index in [2.05, 4.69) is 4.98 Å². The first-order chi connectivity index (χ1) is 13.6. The maximum absolute atomic E-state index is 13.0. The quantitative estimate of drug-likeness (QED) is 0.748. The smallest absolute Gasteiger partial charge is 0.368 e. The van der Waals surface area contributed by atoms with E-state index in [1.54, 1.807) is 11.0 Å². The second-order valence-corrected chi connectivity index (χ2v) is 7.71. The highest BCUT2D eigenvalue weighted by atomic mass is 19.4. The fourth-order valence-electron chi connectivity index (χ4n) is 3.52. The van der Waals surface area contributed by atoms with Crippen molar-refractivity contribution in [3.63, 3.8) is 0 Å². The lowest BCUT2D eigenvalue weighted by molar-refractivity contribution is -0.142. The molecule has 156 valence electrons. The van der Waals surface area contributed by atoms with E-state index in [4.69, 9.17) is 4.74 Å². The van der Waals surface area contributed by atoms with Crippen LogP contribution in [0, 0.1) is 12.8 Å². The molecule has 1 aromatic carbocycles. The zero-order chi connectivity index (χ0) is 21.2. The lowest BCUT2D eigenvalue weighted by atomic mass is 10.0. The highest BCUT2D eigenvalue weighted by Crippen LogP contribution is 2.30. The Labute approximate surface area is 168 Å². The van der Waals surface area contributed by atoms with Crippen molar-refractivity contribution in [1.82, 2.24) is 9.88 Å². The Kier molecular flexibility index (Phi) is 6.27. The van der Waals surface area contributed by atoms with Gasteiger partial charge >= 0.3 is 6.18 Å². The molecule has 3 rings (SSSR count). The van der Waals surface area contributed by atoms with Crippen LogP contribution in [0.25, 0.3) is 0 Å². The minimum Gasteiger partial charge on any atom is -0.368 e. The van der Waals surface area contributed by atoms with E-state index in [0.717, 1.165) is 17.3 Å². The van der Waals surface area contributed by atoms with Crippen LogP contribution < -0.4 is 0 Å². The summed E-state index contributed by atoms with van der Waals surface area (Å²) in [5.41, 5.74) is 2.26. The number of carbonyl (C=O) groups excluding carboxylic acids is 1. The molecule has 1 amide bonds. The number of ether oxygens (including phenoxy) is 1. The molecule has 1 atom stereocenters. The maximum atomic E-state index is 13.0. The molecule has 4 nitrogen and oxygen atoms in total. The summed E-state index contributed by atoms with van der Waals surface area (Å²) in [7, 11) is 0. The van der Waals surface area contributed by atoms with Crippen molar-refractivity contribution in [2.75, 3.05) is 19.7 Å². The molecule has 0 N–H and O–H groups in total. The standard InChI is InChI=1S/C22H25F3N2O2/c1-14(2)21(28)27-7-8-29-20(13-27)19-12-17(9-15(3)26-19)10-16-5-4-6-18(11-16)22(23,24)25/h4-6,9,11-12,14,20H,7-8,10,13H2,1-3H3/t20-/m0/s1. The molecule has 0 unspecified atom stereocenters. The van der Waals surface area contributed by atoms with Gasteiger partial charge in [-0.2, -0.15) is 13.2 Å². The number of amides is 1. The number of nitrogens with zero attached hydrogens (tertiary/aromatic N) is 2. The first kappa shape index (κ1) is 21.3.